The Hall–Kier alpha value is -2.95. The minimum Gasteiger partial charge on any atom is -0.462 e. The molecular formula is C44H80N14O5S. The number of anilines is 4. The molecule has 4 fully saturated rings. The maximum Gasteiger partial charge on any atom is 0.323 e. The molecule has 0 aliphatic carbocycles. The van der Waals surface area contributed by atoms with Gasteiger partial charge in [-0.2, -0.15) is 50.2 Å². The van der Waals surface area contributed by atoms with Crippen molar-refractivity contribution in [2.45, 2.75) is 236 Å². The van der Waals surface area contributed by atoms with Gasteiger partial charge in [-0.05, 0) is 162 Å². The van der Waals surface area contributed by atoms with Crippen molar-refractivity contribution in [3.05, 3.63) is 0 Å². The first-order chi connectivity index (χ1) is 29.2. The van der Waals surface area contributed by atoms with Gasteiger partial charge in [-0.1, -0.05) is 11.8 Å². The van der Waals surface area contributed by atoms with E-state index in [0.29, 0.717) is 86.1 Å². The number of nitrogens with zero attached hydrogens (tertiary/aromatic N) is 10. The topological polar surface area (TPSA) is 229 Å². The van der Waals surface area contributed by atoms with Gasteiger partial charge < -0.3 is 46.8 Å². The van der Waals surface area contributed by atoms with Crippen molar-refractivity contribution in [3.8, 4) is 6.01 Å². The number of rotatable bonds is 13. The molecule has 0 saturated carbocycles. The number of thioether (sulfide) groups is 1. The summed E-state index contributed by atoms with van der Waals surface area (Å²) in [5, 5.41) is 64.5. The van der Waals surface area contributed by atoms with Gasteiger partial charge in [0, 0.05) is 74.2 Å². The van der Waals surface area contributed by atoms with E-state index >= 15 is 0 Å². The minimum atomic E-state index is -0.478. The monoisotopic (exact) mass is 917 g/mol. The number of nitrogens with one attached hydrogen (secondary N) is 4. The molecular weight excluding hydrogens is 837 g/mol. The summed E-state index contributed by atoms with van der Waals surface area (Å²) in [5.74, 6) is 2.12. The van der Waals surface area contributed by atoms with E-state index in [-0.39, 0.29) is 36.8 Å². The molecule has 20 heteroatoms. The van der Waals surface area contributed by atoms with Crippen LogP contribution < -0.4 is 26.0 Å². The fraction of sp³-hybridized carbons (Fsp3) is 0.864. The number of ether oxygens (including phenoxy) is 1. The highest BCUT2D eigenvalue weighted by Gasteiger charge is 2.49. The van der Waals surface area contributed by atoms with Crippen LogP contribution in [0.1, 0.15) is 162 Å². The molecule has 0 amide bonds. The lowest BCUT2D eigenvalue weighted by Gasteiger charge is -2.51. The van der Waals surface area contributed by atoms with Crippen molar-refractivity contribution in [1.82, 2.24) is 50.2 Å². The highest BCUT2D eigenvalue weighted by Crippen LogP contribution is 2.42. The van der Waals surface area contributed by atoms with E-state index in [0.717, 1.165) is 0 Å². The smallest absolute Gasteiger partial charge is 0.323 e. The Morgan fingerprint density at radius 1 is 0.422 bits per heavy atom. The lowest BCUT2D eigenvalue weighted by atomic mass is 9.79. The van der Waals surface area contributed by atoms with Gasteiger partial charge in [0.2, 0.25) is 23.8 Å². The zero-order valence-corrected chi connectivity index (χ0v) is 42.3. The van der Waals surface area contributed by atoms with E-state index in [2.05, 4.69) is 21.3 Å². The second-order valence-corrected chi connectivity index (χ2v) is 25.0. The molecule has 0 bridgehead atoms. The van der Waals surface area contributed by atoms with E-state index < -0.39 is 44.3 Å². The zero-order valence-electron chi connectivity index (χ0n) is 41.5. The van der Waals surface area contributed by atoms with Crippen LogP contribution in [0.4, 0.5) is 23.8 Å². The summed E-state index contributed by atoms with van der Waals surface area (Å²) < 4.78 is 6.28. The molecule has 0 unspecified atom stereocenters. The van der Waals surface area contributed by atoms with E-state index in [1.807, 2.05) is 111 Å². The zero-order chi connectivity index (χ0) is 47.6. The van der Waals surface area contributed by atoms with Crippen molar-refractivity contribution in [2.24, 2.45) is 0 Å². The third-order valence-electron chi connectivity index (χ3n) is 13.7. The second-order valence-electron chi connectivity index (χ2n) is 24.0. The molecule has 19 nitrogen and oxygen atoms in total. The van der Waals surface area contributed by atoms with E-state index in [1.54, 1.807) is 0 Å². The van der Waals surface area contributed by atoms with E-state index in [9.17, 15) is 20.8 Å². The molecule has 4 saturated heterocycles. The Morgan fingerprint density at radius 3 is 0.906 bits per heavy atom. The number of hydrogen-bond acceptors (Lipinski definition) is 20. The molecule has 0 radical (unpaired) electrons. The van der Waals surface area contributed by atoms with Gasteiger partial charge in [-0.25, -0.2) is 0 Å². The van der Waals surface area contributed by atoms with Crippen LogP contribution in [0, 0.1) is 0 Å². The van der Waals surface area contributed by atoms with Crippen LogP contribution in [0.3, 0.4) is 0 Å². The van der Waals surface area contributed by atoms with Crippen LogP contribution in [0.25, 0.3) is 0 Å². The Morgan fingerprint density at radius 2 is 0.656 bits per heavy atom. The molecule has 2 aromatic rings. The highest BCUT2D eigenvalue weighted by atomic mass is 32.2. The van der Waals surface area contributed by atoms with Crippen LogP contribution in [-0.2, 0) is 0 Å². The predicted molar refractivity (Wildman–Crippen MR) is 250 cm³/mol. The van der Waals surface area contributed by atoms with Gasteiger partial charge in [-0.3, -0.25) is 0 Å². The van der Waals surface area contributed by atoms with Crippen molar-refractivity contribution in [2.75, 3.05) is 33.6 Å². The summed E-state index contributed by atoms with van der Waals surface area (Å²) in [6.07, 6.45) is 5.38. The summed E-state index contributed by atoms with van der Waals surface area (Å²) in [7, 11) is 0. The normalized spacial score (nSPS) is 26.3. The first-order valence-corrected chi connectivity index (χ1v) is 24.0. The molecule has 0 spiro atoms. The molecule has 8 N–H and O–H groups in total. The lowest BCUT2D eigenvalue weighted by molar-refractivity contribution is -0.243. The summed E-state index contributed by atoms with van der Waals surface area (Å²) in [6, 6.07) is 0.100. The first-order valence-electron chi connectivity index (χ1n) is 23.0. The molecule has 2 aromatic heterocycles. The molecule has 0 atom stereocenters. The van der Waals surface area contributed by atoms with Gasteiger partial charge in [0.05, 0.1) is 0 Å². The SMILES string of the molecule is CC1(C)CC(Nc2nc(NC3CC(C)(C)N(O)C(C)(C)C3)nc(OCCSc3nc(NC4CC(C)(C)N(O)C(C)(C)C4)nc(NC4CC(C)(C)N(O)C(C)(C)C4)n3)n2)CC(C)(C)N1O. The van der Waals surface area contributed by atoms with Gasteiger partial charge in [-0.15, -0.1) is 0 Å². The van der Waals surface area contributed by atoms with Crippen molar-refractivity contribution >= 4 is 35.6 Å². The van der Waals surface area contributed by atoms with Crippen molar-refractivity contribution in [1.29, 1.82) is 0 Å². The van der Waals surface area contributed by atoms with E-state index in [4.69, 9.17) is 34.6 Å². The molecule has 4 aliphatic heterocycles. The lowest BCUT2D eigenvalue weighted by Crippen LogP contribution is -2.61. The van der Waals surface area contributed by atoms with Crippen LogP contribution in [0.5, 0.6) is 6.01 Å². The average Bonchev–Trinajstić information content (AvgIpc) is 3.11. The number of hydrogen-bond donors (Lipinski definition) is 8. The average molecular weight is 917 g/mol. The summed E-state index contributed by atoms with van der Waals surface area (Å²) in [6.45, 7) is 32.7. The number of hydroxylamine groups is 8. The van der Waals surface area contributed by atoms with Crippen LogP contribution in [0.2, 0.25) is 0 Å². The Balaban J connectivity index is 1.21. The molecule has 6 heterocycles. The van der Waals surface area contributed by atoms with E-state index in [1.165, 1.54) is 32.0 Å². The molecule has 0 aromatic carbocycles. The Kier molecular flexibility index (Phi) is 13.9. The van der Waals surface area contributed by atoms with Gasteiger partial charge >= 0.3 is 6.01 Å². The number of piperidine rings is 4. The predicted octanol–water partition coefficient (Wildman–Crippen LogP) is 7.52. The molecule has 64 heavy (non-hydrogen) atoms. The summed E-state index contributed by atoms with van der Waals surface area (Å²) >= 11 is 1.43. The van der Waals surface area contributed by atoms with Crippen LogP contribution >= 0.6 is 11.8 Å². The molecule has 362 valence electrons. The second kappa shape index (κ2) is 17.6. The quantitative estimate of drug-likeness (QED) is 0.0718. The maximum absolute atomic E-state index is 11.0. The van der Waals surface area contributed by atoms with Gasteiger partial charge in [0.25, 0.3) is 0 Å². The molecule has 4 aliphatic rings. The fourth-order valence-corrected chi connectivity index (χ4v) is 12.2. The minimum absolute atomic E-state index is 0.00330. The third kappa shape index (κ3) is 11.4. The standard InChI is InChI=1S/C44H80N14O5S/c1-37(2)19-27(20-38(3,4)55(37)59)45-31-49-32(46-28-21-39(5,6)56(60)40(7,8)22-28)52-35(51-31)63-17-18-64-36-53-33(47-29-23-41(9,10)57(61)42(11,12)24-29)50-34(54-36)48-30-25-43(13,14)58(62)44(15,16)26-30/h27-30,59-62H,17-26H2,1-16H3,(H2,45,46,49,51,52)(H2,47,48,50,53,54). The largest absolute Gasteiger partial charge is 0.462 e. The van der Waals surface area contributed by atoms with Crippen molar-refractivity contribution < 1.29 is 25.6 Å². The van der Waals surface area contributed by atoms with Crippen molar-refractivity contribution in [3.63, 3.8) is 0 Å². The Bertz CT molecular complexity index is 1630. The summed E-state index contributed by atoms with van der Waals surface area (Å²) in [5.41, 5.74) is -3.78. The highest BCUT2D eigenvalue weighted by molar-refractivity contribution is 7.99. The van der Waals surface area contributed by atoms with Crippen LogP contribution in [-0.4, -0.2) is 152 Å². The van der Waals surface area contributed by atoms with Crippen LogP contribution in [0.15, 0.2) is 5.16 Å². The van der Waals surface area contributed by atoms with Gasteiger partial charge in [0.15, 0.2) is 5.16 Å². The Labute approximate surface area is 385 Å². The van der Waals surface area contributed by atoms with Gasteiger partial charge in [0.1, 0.15) is 6.61 Å². The molecule has 6 rings (SSSR count). The maximum atomic E-state index is 11.0. The third-order valence-corrected chi connectivity index (χ3v) is 14.5. The fourth-order valence-electron chi connectivity index (χ4n) is 11.6. The summed E-state index contributed by atoms with van der Waals surface area (Å²) in [4.78, 5) is 28.9. The number of aromatic nitrogens is 6. The first kappa shape index (κ1) is 50.5.